The number of aliphatic hydroxyl groups is 4. The molecule has 3 aromatic rings. The average Bonchev–Trinajstić information content (AvgIpc) is 2.74. The van der Waals surface area contributed by atoms with Gasteiger partial charge in [0.25, 0.3) is 0 Å². The fraction of sp³-hybridized carbons (Fsp3) is 0.286. The van der Waals surface area contributed by atoms with E-state index in [2.05, 4.69) is 0 Å². The smallest absolute Gasteiger partial charge is 0.229 e. The molecule has 1 aliphatic heterocycles. The van der Waals surface area contributed by atoms with Crippen molar-refractivity contribution in [3.05, 3.63) is 40.6 Å². The number of benzene rings is 2. The topological polar surface area (TPSA) is 211 Å². The number of phenolic OH excluding ortho intramolecular Hbond substituents is 4. The molecule has 0 saturated carbocycles. The van der Waals surface area contributed by atoms with Crippen LogP contribution in [0.25, 0.3) is 22.3 Å². The summed E-state index contributed by atoms with van der Waals surface area (Å²) in [6.07, 6.45) is -7.98. The summed E-state index contributed by atoms with van der Waals surface area (Å²) in [7, 11) is 0. The Morgan fingerprint density at radius 2 is 1.58 bits per heavy atom. The van der Waals surface area contributed by atoms with Crippen LogP contribution in [-0.4, -0.2) is 78.2 Å². The molecule has 12 nitrogen and oxygen atoms in total. The number of rotatable bonds is 4. The van der Waals surface area contributed by atoms with Gasteiger partial charge in [-0.25, -0.2) is 0 Å². The predicted molar refractivity (Wildman–Crippen MR) is 109 cm³/mol. The van der Waals surface area contributed by atoms with Gasteiger partial charge in [0.05, 0.1) is 12.2 Å². The molecule has 2 heterocycles. The first-order chi connectivity index (χ1) is 15.6. The minimum absolute atomic E-state index is 0.144. The van der Waals surface area contributed by atoms with Crippen LogP contribution in [0.4, 0.5) is 0 Å². The van der Waals surface area contributed by atoms with Crippen LogP contribution in [0.2, 0.25) is 0 Å². The fourth-order valence-corrected chi connectivity index (χ4v) is 3.53. The summed E-state index contributed by atoms with van der Waals surface area (Å²) >= 11 is 0. The molecule has 5 atom stereocenters. The second-order valence-corrected chi connectivity index (χ2v) is 7.47. The Hall–Kier alpha value is -3.55. The molecular formula is C21H20O12. The second kappa shape index (κ2) is 8.42. The molecule has 1 saturated heterocycles. The Kier molecular flexibility index (Phi) is 5.78. The van der Waals surface area contributed by atoms with E-state index in [1.165, 1.54) is 0 Å². The first-order valence-electron chi connectivity index (χ1n) is 9.64. The molecule has 176 valence electrons. The van der Waals surface area contributed by atoms with E-state index in [0.717, 1.165) is 30.3 Å². The molecule has 1 aromatic heterocycles. The van der Waals surface area contributed by atoms with Crippen molar-refractivity contribution in [2.75, 3.05) is 6.61 Å². The second-order valence-electron chi connectivity index (χ2n) is 7.47. The van der Waals surface area contributed by atoms with Crippen molar-refractivity contribution in [1.82, 2.24) is 0 Å². The average molecular weight is 464 g/mol. The van der Waals surface area contributed by atoms with Gasteiger partial charge in [-0.1, -0.05) is 0 Å². The van der Waals surface area contributed by atoms with Gasteiger partial charge in [-0.3, -0.25) is 4.79 Å². The zero-order valence-corrected chi connectivity index (χ0v) is 16.7. The standard InChI is InChI=1S/C21H20O12/c22-6-16-18(28)19(29)20(30)21(33-16)32-14-3-8(9(24)4-10(14)25)13-5-12(27)17-11(26)1-7(23)2-15(17)31-13/h1-5,16,18-26,28-30H,6H2/t16-,18-,19+,20-,21-/m1/s1. The summed E-state index contributed by atoms with van der Waals surface area (Å²) in [4.78, 5) is 12.5. The Labute approximate surface area is 184 Å². The lowest BCUT2D eigenvalue weighted by Gasteiger charge is -2.39. The maximum absolute atomic E-state index is 12.5. The number of hydrogen-bond donors (Lipinski definition) is 8. The molecule has 2 aromatic carbocycles. The lowest BCUT2D eigenvalue weighted by molar-refractivity contribution is -0.277. The lowest BCUT2D eigenvalue weighted by Crippen LogP contribution is -2.60. The quantitative estimate of drug-likeness (QED) is 0.245. The van der Waals surface area contributed by atoms with Gasteiger partial charge in [0.1, 0.15) is 58.4 Å². The molecule has 8 N–H and O–H groups in total. The first-order valence-corrected chi connectivity index (χ1v) is 9.64. The van der Waals surface area contributed by atoms with Crippen molar-refractivity contribution >= 4 is 11.0 Å². The fourth-order valence-electron chi connectivity index (χ4n) is 3.53. The molecule has 0 radical (unpaired) electrons. The molecule has 1 aliphatic rings. The van der Waals surface area contributed by atoms with E-state index < -0.39 is 60.0 Å². The van der Waals surface area contributed by atoms with Crippen LogP contribution < -0.4 is 10.2 Å². The maximum atomic E-state index is 12.5. The van der Waals surface area contributed by atoms with Gasteiger partial charge in [-0.15, -0.1) is 0 Å². The van der Waals surface area contributed by atoms with Crippen molar-refractivity contribution in [1.29, 1.82) is 0 Å². The highest BCUT2D eigenvalue weighted by molar-refractivity contribution is 5.86. The predicted octanol–water partition coefficient (Wildman–Crippen LogP) is -0.539. The van der Waals surface area contributed by atoms with E-state index in [4.69, 9.17) is 13.9 Å². The summed E-state index contributed by atoms with van der Waals surface area (Å²) in [6.45, 7) is -0.695. The first kappa shape index (κ1) is 22.6. The van der Waals surface area contributed by atoms with Crippen LogP contribution in [0, 0.1) is 0 Å². The molecule has 0 amide bonds. The van der Waals surface area contributed by atoms with Gasteiger partial charge in [0.15, 0.2) is 16.9 Å². The monoisotopic (exact) mass is 464 g/mol. The normalized spacial score (nSPS) is 25.3. The van der Waals surface area contributed by atoms with Crippen molar-refractivity contribution < 1.29 is 54.7 Å². The van der Waals surface area contributed by atoms with Crippen molar-refractivity contribution in [3.8, 4) is 40.1 Å². The van der Waals surface area contributed by atoms with E-state index in [1.54, 1.807) is 0 Å². The summed E-state index contributed by atoms with van der Waals surface area (Å²) in [5.41, 5.74) is -1.01. The summed E-state index contributed by atoms with van der Waals surface area (Å²) in [5.74, 6) is -2.59. The molecule has 1 fully saturated rings. The van der Waals surface area contributed by atoms with E-state index in [0.29, 0.717) is 0 Å². The molecule has 0 spiro atoms. The molecule has 4 rings (SSSR count). The maximum Gasteiger partial charge on any atom is 0.229 e. The van der Waals surface area contributed by atoms with Gasteiger partial charge in [0, 0.05) is 24.3 Å². The molecule has 0 unspecified atom stereocenters. The Bertz CT molecular complexity index is 1250. The zero-order valence-electron chi connectivity index (χ0n) is 16.7. The SMILES string of the molecule is O=c1cc(-c2cc(O[C@@H]3O[C@H](CO)[C@@H](O)[C@H](O)[C@H]3O)c(O)cc2O)oc2cc(O)cc(O)c12. The molecule has 33 heavy (non-hydrogen) atoms. The number of aliphatic hydroxyl groups excluding tert-OH is 4. The van der Waals surface area contributed by atoms with E-state index >= 15 is 0 Å². The lowest BCUT2D eigenvalue weighted by atomic mass is 9.99. The number of aromatic hydroxyl groups is 4. The van der Waals surface area contributed by atoms with Crippen molar-refractivity contribution in [2.24, 2.45) is 0 Å². The van der Waals surface area contributed by atoms with E-state index in [9.17, 15) is 45.6 Å². The zero-order chi connectivity index (χ0) is 24.0. The highest BCUT2D eigenvalue weighted by Gasteiger charge is 2.45. The molecular weight excluding hydrogens is 444 g/mol. The number of phenols is 4. The largest absolute Gasteiger partial charge is 0.508 e. The third-order valence-electron chi connectivity index (χ3n) is 5.23. The summed E-state index contributed by atoms with van der Waals surface area (Å²) in [6, 6.07) is 4.92. The Balaban J connectivity index is 1.75. The van der Waals surface area contributed by atoms with Gasteiger partial charge in [-0.05, 0) is 6.07 Å². The third kappa shape index (κ3) is 4.01. The van der Waals surface area contributed by atoms with Crippen LogP contribution >= 0.6 is 0 Å². The van der Waals surface area contributed by atoms with Gasteiger partial charge >= 0.3 is 0 Å². The number of fused-ring (bicyclic) bond motifs is 1. The Morgan fingerprint density at radius 3 is 2.27 bits per heavy atom. The van der Waals surface area contributed by atoms with Crippen molar-refractivity contribution in [2.45, 2.75) is 30.7 Å². The molecule has 0 bridgehead atoms. The highest BCUT2D eigenvalue weighted by Crippen LogP contribution is 2.41. The minimum atomic E-state index is -1.76. The number of ether oxygens (including phenoxy) is 2. The van der Waals surface area contributed by atoms with Crippen LogP contribution in [0.5, 0.6) is 28.7 Å². The van der Waals surface area contributed by atoms with Crippen LogP contribution in [0.1, 0.15) is 0 Å². The number of hydrogen-bond acceptors (Lipinski definition) is 12. The van der Waals surface area contributed by atoms with Crippen molar-refractivity contribution in [3.63, 3.8) is 0 Å². The van der Waals surface area contributed by atoms with Gasteiger partial charge in [-0.2, -0.15) is 0 Å². The Morgan fingerprint density at radius 1 is 0.848 bits per heavy atom. The summed E-state index contributed by atoms with van der Waals surface area (Å²) < 4.78 is 16.2. The van der Waals surface area contributed by atoms with E-state index in [1.807, 2.05) is 0 Å². The van der Waals surface area contributed by atoms with Crippen LogP contribution in [0.15, 0.2) is 39.5 Å². The van der Waals surface area contributed by atoms with Gasteiger partial charge in [0.2, 0.25) is 6.29 Å². The van der Waals surface area contributed by atoms with E-state index in [-0.39, 0.29) is 33.8 Å². The van der Waals surface area contributed by atoms with Crippen LogP contribution in [0.3, 0.4) is 0 Å². The minimum Gasteiger partial charge on any atom is -0.508 e. The molecule has 0 aliphatic carbocycles. The molecule has 12 heteroatoms. The van der Waals surface area contributed by atoms with Crippen LogP contribution in [-0.2, 0) is 4.74 Å². The van der Waals surface area contributed by atoms with Gasteiger partial charge < -0.3 is 54.7 Å². The summed E-state index contributed by atoms with van der Waals surface area (Å²) in [5, 5.41) is 79.0. The highest BCUT2D eigenvalue weighted by atomic mass is 16.7. The third-order valence-corrected chi connectivity index (χ3v) is 5.23.